The van der Waals surface area contributed by atoms with Gasteiger partial charge in [-0.15, -0.1) is 0 Å². The van der Waals surface area contributed by atoms with Crippen LogP contribution in [0.1, 0.15) is 45.4 Å². The van der Waals surface area contributed by atoms with E-state index >= 15 is 0 Å². The molecule has 2 aliphatic rings. The van der Waals surface area contributed by atoms with Gasteiger partial charge in [-0.25, -0.2) is 15.8 Å². The van der Waals surface area contributed by atoms with Crippen LogP contribution in [0, 0.1) is 17.8 Å². The van der Waals surface area contributed by atoms with E-state index in [0.717, 1.165) is 35.8 Å². The van der Waals surface area contributed by atoms with Gasteiger partial charge in [0.25, 0.3) is 0 Å². The van der Waals surface area contributed by atoms with Crippen molar-refractivity contribution in [1.29, 1.82) is 0 Å². The quantitative estimate of drug-likeness (QED) is 0.569. The Bertz CT molecular complexity index is 453. The van der Waals surface area contributed by atoms with Gasteiger partial charge in [-0.3, -0.25) is 0 Å². The van der Waals surface area contributed by atoms with Crippen molar-refractivity contribution in [3.8, 4) is 0 Å². The average Bonchev–Trinajstić information content (AvgIpc) is 3.09. The lowest BCUT2D eigenvalue weighted by atomic mass is 9.84. The number of anilines is 2. The predicted molar refractivity (Wildman–Crippen MR) is 81.2 cm³/mol. The maximum atomic E-state index is 5.48. The number of nitrogens with two attached hydrogens (primary N) is 1. The Kier molecular flexibility index (Phi) is 3.78. The maximum absolute atomic E-state index is 5.48. The lowest BCUT2D eigenvalue weighted by Crippen LogP contribution is -2.30. The van der Waals surface area contributed by atoms with Gasteiger partial charge in [0.1, 0.15) is 17.5 Å². The van der Waals surface area contributed by atoms with Crippen molar-refractivity contribution < 1.29 is 0 Å². The Hall–Kier alpha value is -1.36. The fraction of sp³-hybridized carbons (Fsp3) is 0.733. The molecule has 0 spiro atoms. The van der Waals surface area contributed by atoms with Crippen molar-refractivity contribution in [2.24, 2.45) is 23.6 Å². The summed E-state index contributed by atoms with van der Waals surface area (Å²) in [6.45, 7) is 4.34. The van der Waals surface area contributed by atoms with Crippen molar-refractivity contribution >= 4 is 11.6 Å². The minimum absolute atomic E-state index is 0.468. The summed E-state index contributed by atoms with van der Waals surface area (Å²) in [6.07, 6.45) is 6.50. The van der Waals surface area contributed by atoms with Crippen LogP contribution in [0.25, 0.3) is 0 Å². The first-order chi connectivity index (χ1) is 9.69. The number of fused-ring (bicyclic) bond motifs is 2. The summed E-state index contributed by atoms with van der Waals surface area (Å²) >= 11 is 0. The molecule has 0 aromatic carbocycles. The Morgan fingerprint density at radius 2 is 2.10 bits per heavy atom. The molecule has 4 N–H and O–H groups in total. The van der Waals surface area contributed by atoms with Crippen molar-refractivity contribution in [3.63, 3.8) is 0 Å². The summed E-state index contributed by atoms with van der Waals surface area (Å²) in [5, 5.41) is 3.57. The Morgan fingerprint density at radius 3 is 2.70 bits per heavy atom. The van der Waals surface area contributed by atoms with Crippen molar-refractivity contribution in [1.82, 2.24) is 9.97 Å². The molecule has 1 heterocycles. The van der Waals surface area contributed by atoms with E-state index in [9.17, 15) is 0 Å². The molecular formula is C15H25N5. The second kappa shape index (κ2) is 5.56. The molecule has 0 amide bonds. The van der Waals surface area contributed by atoms with E-state index in [1.54, 1.807) is 0 Å². The smallest absolute Gasteiger partial charge is 0.145 e. The molecule has 2 bridgehead atoms. The zero-order valence-electron chi connectivity index (χ0n) is 12.4. The van der Waals surface area contributed by atoms with Gasteiger partial charge in [0.2, 0.25) is 0 Å². The Balaban J connectivity index is 1.70. The second-order valence-corrected chi connectivity index (χ2v) is 6.32. The molecule has 2 fully saturated rings. The monoisotopic (exact) mass is 275 g/mol. The van der Waals surface area contributed by atoms with E-state index in [1.165, 1.54) is 25.7 Å². The number of aryl methyl sites for hydroxylation is 1. The largest absolute Gasteiger partial charge is 0.367 e. The highest BCUT2D eigenvalue weighted by atomic mass is 15.3. The SMILES string of the molecule is CCc1nc(NN)cc(NC(C)C2CC3CCC2C3)n1. The first-order valence-electron chi connectivity index (χ1n) is 7.80. The molecular weight excluding hydrogens is 250 g/mol. The van der Waals surface area contributed by atoms with Gasteiger partial charge >= 0.3 is 0 Å². The second-order valence-electron chi connectivity index (χ2n) is 6.32. The molecule has 0 saturated heterocycles. The summed E-state index contributed by atoms with van der Waals surface area (Å²) < 4.78 is 0. The summed E-state index contributed by atoms with van der Waals surface area (Å²) in [5.41, 5.74) is 2.62. The van der Waals surface area contributed by atoms with Crippen LogP contribution in [-0.4, -0.2) is 16.0 Å². The Morgan fingerprint density at radius 1 is 1.30 bits per heavy atom. The van der Waals surface area contributed by atoms with Crippen LogP contribution in [0.2, 0.25) is 0 Å². The average molecular weight is 275 g/mol. The highest BCUT2D eigenvalue weighted by Gasteiger charge is 2.41. The van der Waals surface area contributed by atoms with E-state index in [2.05, 4.69) is 34.6 Å². The number of nitrogen functional groups attached to an aromatic ring is 1. The molecule has 110 valence electrons. The van der Waals surface area contributed by atoms with Crippen LogP contribution in [-0.2, 0) is 6.42 Å². The van der Waals surface area contributed by atoms with E-state index < -0.39 is 0 Å². The molecule has 5 nitrogen and oxygen atoms in total. The molecule has 4 atom stereocenters. The summed E-state index contributed by atoms with van der Waals surface area (Å²) in [4.78, 5) is 8.88. The van der Waals surface area contributed by atoms with Crippen molar-refractivity contribution in [2.75, 3.05) is 10.7 Å². The minimum Gasteiger partial charge on any atom is -0.367 e. The van der Waals surface area contributed by atoms with Gasteiger partial charge in [-0.2, -0.15) is 0 Å². The number of rotatable bonds is 5. The molecule has 1 aromatic rings. The molecule has 0 radical (unpaired) electrons. The van der Waals surface area contributed by atoms with E-state index in [1.807, 2.05) is 6.07 Å². The third-order valence-electron chi connectivity index (χ3n) is 5.05. The normalized spacial score (nSPS) is 29.4. The number of nitrogens with zero attached hydrogens (tertiary/aromatic N) is 2. The molecule has 20 heavy (non-hydrogen) atoms. The van der Waals surface area contributed by atoms with E-state index in [0.29, 0.717) is 11.9 Å². The Labute approximate surface area is 120 Å². The van der Waals surface area contributed by atoms with Crippen LogP contribution >= 0.6 is 0 Å². The number of hydrogen-bond donors (Lipinski definition) is 3. The van der Waals surface area contributed by atoms with Gasteiger partial charge in [-0.1, -0.05) is 13.3 Å². The molecule has 0 aliphatic heterocycles. The van der Waals surface area contributed by atoms with Crippen LogP contribution < -0.4 is 16.6 Å². The molecule has 2 saturated carbocycles. The van der Waals surface area contributed by atoms with Gasteiger partial charge in [0.15, 0.2) is 0 Å². The van der Waals surface area contributed by atoms with Gasteiger partial charge < -0.3 is 10.7 Å². The molecule has 3 rings (SSSR count). The van der Waals surface area contributed by atoms with E-state index in [-0.39, 0.29) is 0 Å². The minimum atomic E-state index is 0.468. The van der Waals surface area contributed by atoms with Crippen LogP contribution in [0.15, 0.2) is 6.07 Å². The van der Waals surface area contributed by atoms with Gasteiger partial charge in [-0.05, 0) is 43.9 Å². The van der Waals surface area contributed by atoms with Crippen LogP contribution in [0.4, 0.5) is 11.6 Å². The predicted octanol–water partition coefficient (Wildman–Crippen LogP) is 2.56. The van der Waals surface area contributed by atoms with Gasteiger partial charge in [0, 0.05) is 18.5 Å². The topological polar surface area (TPSA) is 75.9 Å². The standard InChI is InChI=1S/C15H25N5/c1-3-13-18-14(8-15(19-13)20-16)17-9(2)12-7-10-4-5-11(12)6-10/h8-12H,3-7,16H2,1-2H3,(H2,17,18,19,20). The van der Waals surface area contributed by atoms with Crippen molar-refractivity contribution in [2.45, 2.75) is 52.0 Å². The summed E-state index contributed by atoms with van der Waals surface area (Å²) in [5.74, 6) is 10.6. The summed E-state index contributed by atoms with van der Waals surface area (Å²) in [7, 11) is 0. The van der Waals surface area contributed by atoms with E-state index in [4.69, 9.17) is 5.84 Å². The maximum Gasteiger partial charge on any atom is 0.145 e. The number of hydrogen-bond acceptors (Lipinski definition) is 5. The molecule has 4 unspecified atom stereocenters. The summed E-state index contributed by atoms with van der Waals surface area (Å²) in [6, 6.07) is 2.36. The zero-order valence-corrected chi connectivity index (χ0v) is 12.4. The number of nitrogens with one attached hydrogen (secondary N) is 2. The van der Waals surface area contributed by atoms with Crippen LogP contribution in [0.3, 0.4) is 0 Å². The molecule has 5 heteroatoms. The lowest BCUT2D eigenvalue weighted by Gasteiger charge is -2.29. The third-order valence-corrected chi connectivity index (χ3v) is 5.05. The first kappa shape index (κ1) is 13.6. The number of aromatic nitrogens is 2. The fourth-order valence-electron chi connectivity index (χ4n) is 4.05. The highest BCUT2D eigenvalue weighted by Crippen LogP contribution is 2.49. The fourth-order valence-corrected chi connectivity index (χ4v) is 4.05. The molecule has 1 aromatic heterocycles. The lowest BCUT2D eigenvalue weighted by molar-refractivity contribution is 0.304. The van der Waals surface area contributed by atoms with Crippen LogP contribution in [0.5, 0.6) is 0 Å². The van der Waals surface area contributed by atoms with Crippen molar-refractivity contribution in [3.05, 3.63) is 11.9 Å². The van der Waals surface area contributed by atoms with Gasteiger partial charge in [0.05, 0.1) is 0 Å². The number of hydrazine groups is 1. The highest BCUT2D eigenvalue weighted by molar-refractivity contribution is 5.47. The molecule has 2 aliphatic carbocycles. The third kappa shape index (κ3) is 2.59. The zero-order chi connectivity index (χ0) is 14.1. The first-order valence-corrected chi connectivity index (χ1v) is 7.80.